The van der Waals surface area contributed by atoms with Crippen LogP contribution < -0.4 is 0 Å². The average Bonchev–Trinajstić information content (AvgIpc) is 3.11. The first-order valence-electron chi connectivity index (χ1n) is 13.6. The molecule has 2 unspecified atom stereocenters. The number of hydrogen-bond acceptors (Lipinski definition) is 2. The molecule has 3 fully saturated rings. The van der Waals surface area contributed by atoms with E-state index in [4.69, 9.17) is 4.74 Å². The molecule has 4 rings (SSSR count). The SMILES string of the molecule is CC(C)CCC[C@@H](C)C1CC[C@H]2[C@@H]3CC=C4CC(OC(=O)CBr)CC[C@]4(C)[C@H]3CC[C@]12C. The maximum absolute atomic E-state index is 11.8. The van der Waals surface area contributed by atoms with Crippen molar-refractivity contribution in [2.45, 2.75) is 111 Å². The van der Waals surface area contributed by atoms with Crippen LogP contribution in [0.25, 0.3) is 0 Å². The summed E-state index contributed by atoms with van der Waals surface area (Å²) >= 11 is 3.24. The third kappa shape index (κ3) is 4.50. The fourth-order valence-corrected chi connectivity index (χ4v) is 9.10. The molecule has 0 aromatic heterocycles. The van der Waals surface area contributed by atoms with Crippen molar-refractivity contribution in [3.05, 3.63) is 11.6 Å². The van der Waals surface area contributed by atoms with Crippen LogP contribution in [0.15, 0.2) is 11.6 Å². The number of carbonyl (C=O) groups excluding carboxylic acids is 1. The van der Waals surface area contributed by atoms with Gasteiger partial charge in [0.25, 0.3) is 0 Å². The summed E-state index contributed by atoms with van der Waals surface area (Å²) in [6.07, 6.45) is 17.1. The van der Waals surface area contributed by atoms with E-state index in [1.807, 2.05) is 0 Å². The Bertz CT molecular complexity index is 714. The Labute approximate surface area is 205 Å². The Kier molecular flexibility index (Phi) is 7.55. The van der Waals surface area contributed by atoms with Gasteiger partial charge in [-0.1, -0.05) is 81.5 Å². The van der Waals surface area contributed by atoms with Crippen molar-refractivity contribution >= 4 is 21.9 Å². The first-order chi connectivity index (χ1) is 15.2. The molecule has 8 atom stereocenters. The maximum atomic E-state index is 11.8. The summed E-state index contributed by atoms with van der Waals surface area (Å²) < 4.78 is 5.72. The Hall–Kier alpha value is -0.310. The molecule has 0 saturated heterocycles. The second kappa shape index (κ2) is 9.74. The highest BCUT2D eigenvalue weighted by Crippen LogP contribution is 2.67. The van der Waals surface area contributed by atoms with Gasteiger partial charge in [-0.2, -0.15) is 0 Å². The fraction of sp³-hybridized carbons (Fsp3) is 0.897. The molecular formula is C29H47BrO2. The Morgan fingerprint density at radius 3 is 2.59 bits per heavy atom. The second-order valence-corrected chi connectivity index (χ2v) is 13.3. The number of carbonyl (C=O) groups is 1. The topological polar surface area (TPSA) is 26.3 Å². The average molecular weight is 508 g/mol. The number of esters is 1. The number of rotatable bonds is 7. The van der Waals surface area contributed by atoms with Crippen molar-refractivity contribution in [3.63, 3.8) is 0 Å². The minimum absolute atomic E-state index is 0.0901. The molecule has 32 heavy (non-hydrogen) atoms. The van der Waals surface area contributed by atoms with E-state index in [0.717, 1.165) is 48.3 Å². The van der Waals surface area contributed by atoms with Crippen LogP contribution >= 0.6 is 15.9 Å². The predicted octanol–water partition coefficient (Wildman–Crippen LogP) is 8.33. The van der Waals surface area contributed by atoms with E-state index in [1.165, 1.54) is 57.8 Å². The van der Waals surface area contributed by atoms with Crippen LogP contribution in [0.3, 0.4) is 0 Å². The number of ether oxygens (including phenoxy) is 1. The summed E-state index contributed by atoms with van der Waals surface area (Å²) in [5.41, 5.74) is 2.50. The molecule has 4 aliphatic rings. The Morgan fingerprint density at radius 1 is 1.09 bits per heavy atom. The minimum Gasteiger partial charge on any atom is -0.461 e. The van der Waals surface area contributed by atoms with Crippen molar-refractivity contribution < 1.29 is 9.53 Å². The summed E-state index contributed by atoms with van der Waals surface area (Å²) in [6, 6.07) is 0. The molecule has 4 aliphatic carbocycles. The highest BCUT2D eigenvalue weighted by molar-refractivity contribution is 9.09. The van der Waals surface area contributed by atoms with Gasteiger partial charge in [0.1, 0.15) is 11.4 Å². The van der Waals surface area contributed by atoms with Gasteiger partial charge in [0.15, 0.2) is 0 Å². The molecule has 3 saturated carbocycles. The molecule has 0 aromatic carbocycles. The quantitative estimate of drug-likeness (QED) is 0.197. The van der Waals surface area contributed by atoms with Gasteiger partial charge in [-0.3, -0.25) is 4.79 Å². The highest BCUT2D eigenvalue weighted by Gasteiger charge is 2.59. The maximum Gasteiger partial charge on any atom is 0.316 e. The molecular weight excluding hydrogens is 460 g/mol. The van der Waals surface area contributed by atoms with E-state index in [1.54, 1.807) is 5.57 Å². The van der Waals surface area contributed by atoms with Gasteiger partial charge in [-0.25, -0.2) is 0 Å². The normalized spacial score (nSPS) is 42.0. The van der Waals surface area contributed by atoms with E-state index in [2.05, 4.69) is 56.6 Å². The first kappa shape index (κ1) is 24.8. The van der Waals surface area contributed by atoms with Crippen LogP contribution in [0.2, 0.25) is 0 Å². The number of hydrogen-bond donors (Lipinski definition) is 0. The minimum atomic E-state index is -0.110. The van der Waals surface area contributed by atoms with Crippen molar-refractivity contribution in [2.75, 3.05) is 5.33 Å². The van der Waals surface area contributed by atoms with Crippen LogP contribution in [-0.4, -0.2) is 17.4 Å². The Balaban J connectivity index is 1.45. The van der Waals surface area contributed by atoms with Gasteiger partial charge in [-0.05, 0) is 91.3 Å². The van der Waals surface area contributed by atoms with Gasteiger partial charge in [0.05, 0.1) is 0 Å². The second-order valence-electron chi connectivity index (χ2n) is 12.8. The van der Waals surface area contributed by atoms with Gasteiger partial charge < -0.3 is 4.74 Å². The zero-order chi connectivity index (χ0) is 23.1. The van der Waals surface area contributed by atoms with Gasteiger partial charge in [-0.15, -0.1) is 0 Å². The van der Waals surface area contributed by atoms with Gasteiger partial charge in [0, 0.05) is 6.42 Å². The first-order valence-corrected chi connectivity index (χ1v) is 14.8. The van der Waals surface area contributed by atoms with E-state index in [0.29, 0.717) is 16.2 Å². The smallest absolute Gasteiger partial charge is 0.316 e. The largest absolute Gasteiger partial charge is 0.461 e. The third-order valence-electron chi connectivity index (χ3n) is 10.7. The lowest BCUT2D eigenvalue weighted by Gasteiger charge is -2.58. The molecule has 0 bridgehead atoms. The number of alkyl halides is 1. The molecule has 0 aliphatic heterocycles. The van der Waals surface area contributed by atoms with E-state index in [9.17, 15) is 4.79 Å². The van der Waals surface area contributed by atoms with Gasteiger partial charge >= 0.3 is 5.97 Å². The predicted molar refractivity (Wildman–Crippen MR) is 137 cm³/mol. The zero-order valence-electron chi connectivity index (χ0n) is 21.3. The Morgan fingerprint density at radius 2 is 1.88 bits per heavy atom. The molecule has 0 aromatic rings. The fourth-order valence-electron chi connectivity index (χ4n) is 8.97. The summed E-state index contributed by atoms with van der Waals surface area (Å²) in [4.78, 5) is 11.8. The molecule has 2 nitrogen and oxygen atoms in total. The third-order valence-corrected chi connectivity index (χ3v) is 11.1. The van der Waals surface area contributed by atoms with Crippen molar-refractivity contribution in [2.24, 2.45) is 46.3 Å². The molecule has 0 radical (unpaired) electrons. The summed E-state index contributed by atoms with van der Waals surface area (Å²) in [7, 11) is 0. The number of fused-ring (bicyclic) bond motifs is 5. The number of halogens is 1. The molecule has 182 valence electrons. The van der Waals surface area contributed by atoms with E-state index in [-0.39, 0.29) is 12.1 Å². The van der Waals surface area contributed by atoms with E-state index >= 15 is 0 Å². The molecule has 0 N–H and O–H groups in total. The van der Waals surface area contributed by atoms with Crippen molar-refractivity contribution in [1.82, 2.24) is 0 Å². The van der Waals surface area contributed by atoms with Crippen LogP contribution in [0.5, 0.6) is 0 Å². The van der Waals surface area contributed by atoms with Crippen LogP contribution in [0.4, 0.5) is 0 Å². The molecule has 0 amide bonds. The molecule has 3 heteroatoms. The molecule has 0 spiro atoms. The van der Waals surface area contributed by atoms with E-state index < -0.39 is 0 Å². The van der Waals surface area contributed by atoms with Crippen LogP contribution in [0.1, 0.15) is 105 Å². The lowest BCUT2D eigenvalue weighted by molar-refractivity contribution is -0.148. The summed E-state index contributed by atoms with van der Waals surface area (Å²) in [6.45, 7) is 12.5. The lowest BCUT2D eigenvalue weighted by atomic mass is 9.47. The van der Waals surface area contributed by atoms with Crippen LogP contribution in [-0.2, 0) is 9.53 Å². The highest BCUT2D eigenvalue weighted by atomic mass is 79.9. The van der Waals surface area contributed by atoms with Gasteiger partial charge in [0.2, 0.25) is 0 Å². The molecule has 0 heterocycles. The number of allylic oxidation sites excluding steroid dienone is 1. The summed E-state index contributed by atoms with van der Waals surface area (Å²) in [5.74, 6) is 5.16. The lowest BCUT2D eigenvalue weighted by Crippen LogP contribution is -2.51. The summed E-state index contributed by atoms with van der Waals surface area (Å²) in [5, 5.41) is 0.307. The monoisotopic (exact) mass is 506 g/mol. The van der Waals surface area contributed by atoms with Crippen LogP contribution in [0, 0.1) is 46.3 Å². The van der Waals surface area contributed by atoms with Crippen molar-refractivity contribution in [1.29, 1.82) is 0 Å². The standard InChI is InChI=1S/C29H47BrO2/c1-19(2)7-6-8-20(3)24-11-12-25-23-10-9-21-17-22(32-27(31)18-30)13-15-28(21,4)26(23)14-16-29(24,25)5/h9,19-20,22-26H,6-8,10-18H2,1-5H3/t20-,22?,23+,24?,25+,26+,28+,29-/m1/s1. The van der Waals surface area contributed by atoms with Crippen molar-refractivity contribution in [3.8, 4) is 0 Å². The zero-order valence-corrected chi connectivity index (χ0v) is 22.9.